The van der Waals surface area contributed by atoms with Gasteiger partial charge in [0.25, 0.3) is 10.2 Å². The van der Waals surface area contributed by atoms with Crippen LogP contribution < -0.4 is 10.5 Å². The van der Waals surface area contributed by atoms with Gasteiger partial charge in [0, 0.05) is 13.1 Å². The predicted octanol–water partition coefficient (Wildman–Crippen LogP) is 1.31. The van der Waals surface area contributed by atoms with Gasteiger partial charge in [0.05, 0.1) is 0 Å². The second kappa shape index (κ2) is 7.21. The third-order valence-corrected chi connectivity index (χ3v) is 5.74. The molecule has 0 aliphatic heterocycles. The Bertz CT molecular complexity index is 598. The third kappa shape index (κ3) is 4.06. The van der Waals surface area contributed by atoms with E-state index in [1.165, 1.54) is 4.31 Å². The average Bonchev–Trinajstić information content (AvgIpc) is 2.53. The van der Waals surface area contributed by atoms with E-state index in [0.717, 1.165) is 32.1 Å². The van der Waals surface area contributed by atoms with Crippen molar-refractivity contribution < 1.29 is 13.2 Å². The van der Waals surface area contributed by atoms with Gasteiger partial charge in [0.2, 0.25) is 5.91 Å². The number of carbonyl (C=O) groups is 1. The summed E-state index contributed by atoms with van der Waals surface area (Å²) < 4.78 is 28.8. The van der Waals surface area contributed by atoms with Crippen LogP contribution in [0.1, 0.15) is 43.7 Å². The minimum atomic E-state index is -3.77. The summed E-state index contributed by atoms with van der Waals surface area (Å²) in [6, 6.07) is 7.56. The van der Waals surface area contributed by atoms with Gasteiger partial charge in [-0.25, -0.2) is 0 Å². The zero-order valence-electron chi connectivity index (χ0n) is 12.7. The molecule has 1 amide bonds. The van der Waals surface area contributed by atoms with E-state index in [1.807, 2.05) is 0 Å². The maximum absolute atomic E-state index is 12.5. The number of nitrogens with zero attached hydrogens (tertiary/aromatic N) is 1. The maximum Gasteiger partial charge on any atom is 0.280 e. The molecule has 0 bridgehead atoms. The molecule has 0 unspecified atom stereocenters. The highest BCUT2D eigenvalue weighted by atomic mass is 32.2. The number of primary amides is 1. The molecule has 2 rings (SSSR count). The van der Waals surface area contributed by atoms with Crippen molar-refractivity contribution in [2.45, 2.75) is 44.2 Å². The molecule has 0 radical (unpaired) electrons. The van der Waals surface area contributed by atoms with E-state index in [-0.39, 0.29) is 6.04 Å². The minimum Gasteiger partial charge on any atom is -0.368 e. The Labute approximate surface area is 131 Å². The molecule has 0 heterocycles. The van der Waals surface area contributed by atoms with Crippen LogP contribution in [0.25, 0.3) is 0 Å². The Balaban J connectivity index is 2.16. The van der Waals surface area contributed by atoms with Crippen LogP contribution in [0.4, 0.5) is 0 Å². The molecule has 22 heavy (non-hydrogen) atoms. The second-order valence-electron chi connectivity index (χ2n) is 5.68. The summed E-state index contributed by atoms with van der Waals surface area (Å²) in [7, 11) is -2.21. The Kier molecular flexibility index (Phi) is 5.55. The van der Waals surface area contributed by atoms with Crippen LogP contribution in [0.2, 0.25) is 0 Å². The first kappa shape index (κ1) is 16.9. The quantitative estimate of drug-likeness (QED) is 0.826. The number of nitrogens with two attached hydrogens (primary N) is 1. The van der Waals surface area contributed by atoms with Gasteiger partial charge in [-0.2, -0.15) is 17.4 Å². The lowest BCUT2D eigenvalue weighted by molar-refractivity contribution is -0.119. The van der Waals surface area contributed by atoms with Gasteiger partial charge in [0.1, 0.15) is 6.04 Å². The Morgan fingerprint density at radius 2 is 1.82 bits per heavy atom. The normalized spacial score (nSPS) is 18.3. The van der Waals surface area contributed by atoms with Crippen molar-refractivity contribution in [1.29, 1.82) is 0 Å². The Morgan fingerprint density at radius 1 is 1.23 bits per heavy atom. The van der Waals surface area contributed by atoms with Crippen molar-refractivity contribution >= 4 is 16.1 Å². The lowest BCUT2D eigenvalue weighted by atomic mass is 9.96. The van der Waals surface area contributed by atoms with Gasteiger partial charge in [-0.15, -0.1) is 0 Å². The highest BCUT2D eigenvalue weighted by Gasteiger charge is 2.31. The zero-order valence-corrected chi connectivity index (χ0v) is 13.6. The largest absolute Gasteiger partial charge is 0.368 e. The summed E-state index contributed by atoms with van der Waals surface area (Å²) in [5.74, 6) is -0.716. The Hall–Kier alpha value is -1.44. The SMILES string of the molecule is CN(C1CCCCC1)S(=O)(=O)N[C@@H](C(N)=O)c1ccccc1. The van der Waals surface area contributed by atoms with Crippen LogP contribution in [0, 0.1) is 0 Å². The van der Waals surface area contributed by atoms with Crippen molar-refractivity contribution in [3.05, 3.63) is 35.9 Å². The predicted molar refractivity (Wildman–Crippen MR) is 85.1 cm³/mol. The number of carbonyl (C=O) groups excluding carboxylic acids is 1. The second-order valence-corrected chi connectivity index (χ2v) is 7.44. The Morgan fingerprint density at radius 3 is 2.36 bits per heavy atom. The molecule has 0 aromatic heterocycles. The van der Waals surface area contributed by atoms with Crippen LogP contribution in [-0.4, -0.2) is 31.7 Å². The lowest BCUT2D eigenvalue weighted by Gasteiger charge is -2.31. The van der Waals surface area contributed by atoms with E-state index in [4.69, 9.17) is 5.73 Å². The fraction of sp³-hybridized carbons (Fsp3) is 0.533. The molecule has 7 heteroatoms. The van der Waals surface area contributed by atoms with Gasteiger partial charge < -0.3 is 5.73 Å². The van der Waals surface area contributed by atoms with E-state index >= 15 is 0 Å². The van der Waals surface area contributed by atoms with E-state index in [1.54, 1.807) is 37.4 Å². The number of hydrogen-bond acceptors (Lipinski definition) is 3. The van der Waals surface area contributed by atoms with Crippen molar-refractivity contribution in [2.24, 2.45) is 5.73 Å². The first-order valence-corrected chi connectivity index (χ1v) is 8.95. The average molecular weight is 325 g/mol. The molecule has 0 spiro atoms. The smallest absolute Gasteiger partial charge is 0.280 e. The van der Waals surface area contributed by atoms with Gasteiger partial charge in [-0.3, -0.25) is 4.79 Å². The number of amides is 1. The fourth-order valence-electron chi connectivity index (χ4n) is 2.81. The van der Waals surface area contributed by atoms with Crippen molar-refractivity contribution in [2.75, 3.05) is 7.05 Å². The summed E-state index contributed by atoms with van der Waals surface area (Å²) in [6.45, 7) is 0. The standard InChI is InChI=1S/C15H23N3O3S/c1-18(13-10-6-3-7-11-13)22(20,21)17-14(15(16)19)12-8-4-2-5-9-12/h2,4-5,8-9,13-14,17H,3,6-7,10-11H2,1H3,(H2,16,19)/t14-/m1/s1. The minimum absolute atomic E-state index is 0.0180. The third-order valence-electron chi connectivity index (χ3n) is 4.15. The molecule has 3 N–H and O–H groups in total. The highest BCUT2D eigenvalue weighted by molar-refractivity contribution is 7.87. The number of hydrogen-bond donors (Lipinski definition) is 2. The number of benzene rings is 1. The van der Waals surface area contributed by atoms with E-state index < -0.39 is 22.2 Å². The molecule has 1 atom stereocenters. The van der Waals surface area contributed by atoms with Crippen LogP contribution in [-0.2, 0) is 15.0 Å². The maximum atomic E-state index is 12.5. The molecule has 0 saturated heterocycles. The molecule has 122 valence electrons. The molecule has 1 aromatic carbocycles. The van der Waals surface area contributed by atoms with Gasteiger partial charge >= 0.3 is 0 Å². The molecule has 1 aliphatic carbocycles. The summed E-state index contributed by atoms with van der Waals surface area (Å²) >= 11 is 0. The number of nitrogens with one attached hydrogen (secondary N) is 1. The molecule has 1 saturated carbocycles. The van der Waals surface area contributed by atoms with Gasteiger partial charge in [-0.05, 0) is 18.4 Å². The molecular formula is C15H23N3O3S. The van der Waals surface area contributed by atoms with E-state index in [2.05, 4.69) is 4.72 Å². The fourth-order valence-corrected chi connectivity index (χ4v) is 4.13. The van der Waals surface area contributed by atoms with Crippen LogP contribution >= 0.6 is 0 Å². The monoisotopic (exact) mass is 325 g/mol. The summed E-state index contributed by atoms with van der Waals surface area (Å²) in [4.78, 5) is 11.7. The zero-order chi connectivity index (χ0) is 16.2. The summed E-state index contributed by atoms with van der Waals surface area (Å²) in [5, 5.41) is 0. The first-order valence-electron chi connectivity index (χ1n) is 7.51. The van der Waals surface area contributed by atoms with Crippen molar-refractivity contribution in [3.63, 3.8) is 0 Å². The molecule has 1 aliphatic rings. The summed E-state index contributed by atoms with van der Waals surface area (Å²) in [6.07, 6.45) is 4.91. The topological polar surface area (TPSA) is 92.5 Å². The van der Waals surface area contributed by atoms with Crippen LogP contribution in [0.15, 0.2) is 30.3 Å². The first-order chi connectivity index (χ1) is 10.4. The van der Waals surface area contributed by atoms with E-state index in [0.29, 0.717) is 5.56 Å². The van der Waals surface area contributed by atoms with Crippen LogP contribution in [0.5, 0.6) is 0 Å². The van der Waals surface area contributed by atoms with E-state index in [9.17, 15) is 13.2 Å². The van der Waals surface area contributed by atoms with Crippen molar-refractivity contribution in [1.82, 2.24) is 9.03 Å². The molecular weight excluding hydrogens is 302 g/mol. The lowest BCUT2D eigenvalue weighted by Crippen LogP contribution is -2.48. The molecule has 6 nitrogen and oxygen atoms in total. The van der Waals surface area contributed by atoms with Crippen molar-refractivity contribution in [3.8, 4) is 0 Å². The van der Waals surface area contributed by atoms with Crippen LogP contribution in [0.3, 0.4) is 0 Å². The highest BCUT2D eigenvalue weighted by Crippen LogP contribution is 2.24. The summed E-state index contributed by atoms with van der Waals surface area (Å²) in [5.41, 5.74) is 5.91. The van der Waals surface area contributed by atoms with Gasteiger partial charge in [-0.1, -0.05) is 49.6 Å². The molecule has 1 fully saturated rings. The van der Waals surface area contributed by atoms with Gasteiger partial charge in [0.15, 0.2) is 0 Å². The number of rotatable bonds is 6. The molecule has 1 aromatic rings.